The number of carbonyl (C=O) groups is 1. The van der Waals surface area contributed by atoms with Crippen molar-refractivity contribution in [3.05, 3.63) is 65.9 Å². The zero-order valence-electron chi connectivity index (χ0n) is 16.6. The van der Waals surface area contributed by atoms with Crippen LogP contribution in [0, 0.1) is 11.3 Å². The minimum Gasteiger partial charge on any atom is -0.346 e. The Kier molecular flexibility index (Phi) is 5.96. The fourth-order valence-electron chi connectivity index (χ4n) is 3.37. The monoisotopic (exact) mass is 415 g/mol. The largest absolute Gasteiger partial charge is 0.346 e. The molecule has 1 N–H and O–H groups in total. The van der Waals surface area contributed by atoms with E-state index in [0.29, 0.717) is 29.5 Å². The van der Waals surface area contributed by atoms with Crippen molar-refractivity contribution in [3.8, 4) is 17.5 Å². The number of Topliss-reactive ketones (excluding diaryl/α,β-unsaturated/α-hetero) is 1. The maximum atomic E-state index is 12.9. The van der Waals surface area contributed by atoms with E-state index in [1.807, 2.05) is 47.2 Å². The zero-order valence-corrected chi connectivity index (χ0v) is 17.4. The van der Waals surface area contributed by atoms with Crippen LogP contribution in [0.3, 0.4) is 0 Å². The third kappa shape index (κ3) is 4.14. The lowest BCUT2D eigenvalue weighted by atomic mass is 10.1. The molecule has 0 saturated heterocycles. The summed E-state index contributed by atoms with van der Waals surface area (Å²) in [4.78, 5) is 17.4. The highest BCUT2D eigenvalue weighted by atomic mass is 32.2. The van der Waals surface area contributed by atoms with Crippen molar-refractivity contribution in [2.45, 2.75) is 31.5 Å². The van der Waals surface area contributed by atoms with Gasteiger partial charge in [0.05, 0.1) is 18.2 Å². The highest BCUT2D eigenvalue weighted by molar-refractivity contribution is 7.99. The molecule has 7 heteroatoms. The molecule has 0 amide bonds. The standard InChI is InChI=1S/C23H21N5OS/c1-2-16-8-10-17(11-9-16)22-25-23(27-26-22)30-15-21(29)19-14-28(13-5-12-24)20-7-4-3-6-18(19)20/h3-4,6-11,14H,2,5,13,15H2,1H3,(H,25,26,27). The number of thioether (sulfide) groups is 1. The molecule has 0 fully saturated rings. The average Bonchev–Trinajstić information content (AvgIpc) is 3.41. The number of hydrogen-bond acceptors (Lipinski definition) is 5. The number of H-pyrrole nitrogens is 1. The molecule has 2 aromatic carbocycles. The van der Waals surface area contributed by atoms with Gasteiger partial charge in [0.2, 0.25) is 5.16 Å². The van der Waals surface area contributed by atoms with Crippen molar-refractivity contribution in [2.75, 3.05) is 5.75 Å². The van der Waals surface area contributed by atoms with E-state index >= 15 is 0 Å². The van der Waals surface area contributed by atoms with E-state index in [1.165, 1.54) is 17.3 Å². The lowest BCUT2D eigenvalue weighted by Crippen LogP contribution is -2.02. The van der Waals surface area contributed by atoms with Gasteiger partial charge in [-0.25, -0.2) is 4.98 Å². The second-order valence-corrected chi connectivity index (χ2v) is 7.83. The van der Waals surface area contributed by atoms with Gasteiger partial charge in [-0.3, -0.25) is 9.89 Å². The Labute approximate surface area is 178 Å². The molecule has 0 unspecified atom stereocenters. The summed E-state index contributed by atoms with van der Waals surface area (Å²) in [5.74, 6) is 0.962. The Hall–Kier alpha value is -3.37. The van der Waals surface area contributed by atoms with Crippen molar-refractivity contribution in [1.29, 1.82) is 5.26 Å². The van der Waals surface area contributed by atoms with Crippen LogP contribution in [0.4, 0.5) is 0 Å². The second-order valence-electron chi connectivity index (χ2n) is 6.89. The number of aromatic amines is 1. The second kappa shape index (κ2) is 8.97. The number of rotatable bonds is 8. The molecule has 0 aliphatic heterocycles. The maximum Gasteiger partial charge on any atom is 0.209 e. The van der Waals surface area contributed by atoms with Crippen molar-refractivity contribution in [1.82, 2.24) is 19.7 Å². The number of carbonyl (C=O) groups excluding carboxylic acids is 1. The number of aryl methyl sites for hydroxylation is 2. The average molecular weight is 416 g/mol. The Morgan fingerprint density at radius 2 is 2.00 bits per heavy atom. The van der Waals surface area contributed by atoms with Gasteiger partial charge in [-0.15, -0.1) is 5.10 Å². The molecular formula is C23H21N5OS. The Morgan fingerprint density at radius 3 is 2.77 bits per heavy atom. The SMILES string of the molecule is CCc1ccc(-c2nc(SCC(=O)c3cn(CCC#N)c4ccccc34)n[nH]2)cc1. The van der Waals surface area contributed by atoms with Gasteiger partial charge >= 0.3 is 0 Å². The minimum atomic E-state index is 0.0190. The first-order chi connectivity index (χ1) is 14.7. The molecule has 0 radical (unpaired) electrons. The van der Waals surface area contributed by atoms with Gasteiger partial charge in [0.15, 0.2) is 11.6 Å². The molecule has 0 aliphatic carbocycles. The summed E-state index contributed by atoms with van der Waals surface area (Å²) in [6.45, 7) is 2.69. The molecule has 4 rings (SSSR count). The van der Waals surface area contributed by atoms with E-state index in [-0.39, 0.29) is 11.5 Å². The highest BCUT2D eigenvalue weighted by Crippen LogP contribution is 2.25. The van der Waals surface area contributed by atoms with Gasteiger partial charge < -0.3 is 4.57 Å². The van der Waals surface area contributed by atoms with Gasteiger partial charge in [0, 0.05) is 34.8 Å². The molecule has 0 aliphatic rings. The summed E-state index contributed by atoms with van der Waals surface area (Å²) >= 11 is 1.32. The van der Waals surface area contributed by atoms with Crippen LogP contribution >= 0.6 is 11.8 Å². The molecule has 0 saturated carbocycles. The topological polar surface area (TPSA) is 87.4 Å². The summed E-state index contributed by atoms with van der Waals surface area (Å²) in [5, 5.41) is 17.5. The van der Waals surface area contributed by atoms with Crippen LogP contribution in [0.1, 0.15) is 29.3 Å². The summed E-state index contributed by atoms with van der Waals surface area (Å²) in [7, 11) is 0. The Morgan fingerprint density at radius 1 is 1.20 bits per heavy atom. The van der Waals surface area contributed by atoms with Crippen LogP contribution in [-0.4, -0.2) is 31.3 Å². The van der Waals surface area contributed by atoms with Crippen molar-refractivity contribution < 1.29 is 4.79 Å². The van der Waals surface area contributed by atoms with Gasteiger partial charge in [0.25, 0.3) is 0 Å². The van der Waals surface area contributed by atoms with Crippen LogP contribution in [0.25, 0.3) is 22.3 Å². The third-order valence-electron chi connectivity index (χ3n) is 4.99. The van der Waals surface area contributed by atoms with Crippen LogP contribution in [-0.2, 0) is 13.0 Å². The third-order valence-corrected chi connectivity index (χ3v) is 5.83. The first-order valence-corrected chi connectivity index (χ1v) is 10.8. The summed E-state index contributed by atoms with van der Waals surface area (Å²) < 4.78 is 1.97. The smallest absolute Gasteiger partial charge is 0.209 e. The lowest BCUT2D eigenvalue weighted by molar-refractivity contribution is 0.102. The van der Waals surface area contributed by atoms with Crippen LogP contribution in [0.15, 0.2) is 59.9 Å². The van der Waals surface area contributed by atoms with E-state index in [1.54, 1.807) is 0 Å². The van der Waals surface area contributed by atoms with Crippen LogP contribution in [0.5, 0.6) is 0 Å². The molecule has 30 heavy (non-hydrogen) atoms. The molecule has 0 bridgehead atoms. The summed E-state index contributed by atoms with van der Waals surface area (Å²) in [6.07, 6.45) is 3.25. The van der Waals surface area contributed by atoms with E-state index in [4.69, 9.17) is 5.26 Å². The van der Waals surface area contributed by atoms with Gasteiger partial charge in [0.1, 0.15) is 0 Å². The molecule has 2 heterocycles. The van der Waals surface area contributed by atoms with Gasteiger partial charge in [-0.2, -0.15) is 5.26 Å². The number of para-hydroxylation sites is 1. The first kappa shape index (κ1) is 19.9. The Bertz CT molecular complexity index is 1220. The van der Waals surface area contributed by atoms with Gasteiger partial charge in [-0.05, 0) is 18.1 Å². The number of nitriles is 1. The lowest BCUT2D eigenvalue weighted by Gasteiger charge is -2.00. The number of fused-ring (bicyclic) bond motifs is 1. The molecule has 4 aromatic rings. The van der Waals surface area contributed by atoms with Crippen molar-refractivity contribution in [3.63, 3.8) is 0 Å². The maximum absolute atomic E-state index is 12.9. The number of ketones is 1. The fourth-order valence-corrected chi connectivity index (χ4v) is 4.05. The van der Waals surface area contributed by atoms with Gasteiger partial charge in [-0.1, -0.05) is 61.2 Å². The summed E-state index contributed by atoms with van der Waals surface area (Å²) in [5.41, 5.74) is 3.88. The molecule has 0 spiro atoms. The van der Waals surface area contributed by atoms with E-state index in [0.717, 1.165) is 22.9 Å². The number of hydrogen-bond donors (Lipinski definition) is 1. The molecule has 2 aromatic heterocycles. The van der Waals surface area contributed by atoms with Crippen LogP contribution in [0.2, 0.25) is 0 Å². The van der Waals surface area contributed by atoms with Crippen LogP contribution < -0.4 is 0 Å². The molecule has 0 atom stereocenters. The van der Waals surface area contributed by atoms with Crippen molar-refractivity contribution in [2.24, 2.45) is 0 Å². The molecule has 6 nitrogen and oxygen atoms in total. The summed E-state index contributed by atoms with van der Waals surface area (Å²) in [6, 6.07) is 18.1. The van der Waals surface area contributed by atoms with E-state index in [9.17, 15) is 4.79 Å². The first-order valence-electron chi connectivity index (χ1n) is 9.82. The number of nitrogens with one attached hydrogen (secondary N) is 1. The predicted molar refractivity (Wildman–Crippen MR) is 118 cm³/mol. The normalized spacial score (nSPS) is 10.9. The van der Waals surface area contributed by atoms with Crippen molar-refractivity contribution >= 4 is 28.4 Å². The predicted octanol–water partition coefficient (Wildman–Crippen LogP) is 4.88. The molecular weight excluding hydrogens is 394 g/mol. The number of benzene rings is 2. The number of aromatic nitrogens is 4. The fraction of sp³-hybridized carbons (Fsp3) is 0.217. The van der Waals surface area contributed by atoms with E-state index < -0.39 is 0 Å². The zero-order chi connectivity index (χ0) is 20.9. The highest BCUT2D eigenvalue weighted by Gasteiger charge is 2.16. The minimum absolute atomic E-state index is 0.0190. The molecule has 150 valence electrons. The quantitative estimate of drug-likeness (QED) is 0.327. The Balaban J connectivity index is 1.48. The number of nitrogens with zero attached hydrogens (tertiary/aromatic N) is 4. The van der Waals surface area contributed by atoms with E-state index in [2.05, 4.69) is 40.3 Å².